The first-order valence-electron chi connectivity index (χ1n) is 6.61. The average molecular weight is 305 g/mol. The minimum atomic E-state index is -4.68. The topological polar surface area (TPSA) is 50.7 Å². The van der Waals surface area contributed by atoms with Gasteiger partial charge in [0.1, 0.15) is 5.75 Å². The molecule has 1 heterocycles. The highest BCUT2D eigenvalue weighted by Crippen LogP contribution is 2.28. The summed E-state index contributed by atoms with van der Waals surface area (Å²) < 4.78 is 45.1. The van der Waals surface area contributed by atoms with Gasteiger partial charge in [0.05, 0.1) is 25.2 Å². The number of aliphatic hydroxyl groups is 1. The summed E-state index contributed by atoms with van der Waals surface area (Å²) in [4.78, 5) is 0. The fourth-order valence-electron chi connectivity index (χ4n) is 2.09. The van der Waals surface area contributed by atoms with Crippen LogP contribution in [0.5, 0.6) is 5.75 Å². The van der Waals surface area contributed by atoms with Gasteiger partial charge in [-0.25, -0.2) is 0 Å². The Kier molecular flexibility index (Phi) is 4.75. The number of ether oxygens (including phenoxy) is 2. The van der Waals surface area contributed by atoms with Gasteiger partial charge in [-0.1, -0.05) is 12.1 Å². The highest BCUT2D eigenvalue weighted by molar-refractivity contribution is 5.29. The third kappa shape index (κ3) is 4.33. The molecule has 0 aromatic heterocycles. The van der Waals surface area contributed by atoms with Crippen molar-refractivity contribution in [3.05, 3.63) is 29.8 Å². The molecule has 0 spiro atoms. The van der Waals surface area contributed by atoms with Crippen LogP contribution in [0.15, 0.2) is 24.3 Å². The number of alkyl halides is 3. The molecule has 1 fully saturated rings. The van der Waals surface area contributed by atoms with E-state index < -0.39 is 6.36 Å². The smallest absolute Gasteiger partial charge is 0.406 e. The number of aliphatic hydroxyl groups excluding tert-OH is 1. The Hall–Kier alpha value is -1.31. The summed E-state index contributed by atoms with van der Waals surface area (Å²) in [5.74, 6) is -0.238. The van der Waals surface area contributed by atoms with Crippen LogP contribution in [0.4, 0.5) is 13.2 Å². The van der Waals surface area contributed by atoms with E-state index in [4.69, 9.17) is 4.74 Å². The van der Waals surface area contributed by atoms with Gasteiger partial charge in [-0.15, -0.1) is 13.2 Å². The molecule has 1 atom stereocenters. The highest BCUT2D eigenvalue weighted by Gasteiger charge is 2.38. The van der Waals surface area contributed by atoms with E-state index in [1.807, 2.05) is 6.92 Å². The summed E-state index contributed by atoms with van der Waals surface area (Å²) in [5.41, 5.74) is 0.603. The number of hydrogen-bond donors (Lipinski definition) is 2. The van der Waals surface area contributed by atoms with E-state index >= 15 is 0 Å². The van der Waals surface area contributed by atoms with E-state index in [1.165, 1.54) is 12.1 Å². The standard InChI is InChI=1S/C14H18F3NO3/c1-10(18-6-13(7-19)8-20-9-13)11-2-4-12(5-3-11)21-14(15,16)17/h2-5,10,18-19H,6-9H2,1H3. The number of hydrogen-bond acceptors (Lipinski definition) is 4. The molecule has 21 heavy (non-hydrogen) atoms. The lowest BCUT2D eigenvalue weighted by Gasteiger charge is -2.40. The number of benzene rings is 1. The van der Waals surface area contributed by atoms with Gasteiger partial charge >= 0.3 is 6.36 Å². The normalized spacial score (nSPS) is 18.9. The van der Waals surface area contributed by atoms with Crippen molar-refractivity contribution < 1.29 is 27.8 Å². The maximum Gasteiger partial charge on any atom is 0.573 e. The Morgan fingerprint density at radius 2 is 1.95 bits per heavy atom. The van der Waals surface area contributed by atoms with E-state index in [2.05, 4.69) is 10.1 Å². The van der Waals surface area contributed by atoms with E-state index in [1.54, 1.807) is 12.1 Å². The second-order valence-corrected chi connectivity index (χ2v) is 5.37. The van der Waals surface area contributed by atoms with Crippen molar-refractivity contribution >= 4 is 0 Å². The monoisotopic (exact) mass is 305 g/mol. The van der Waals surface area contributed by atoms with E-state index in [-0.39, 0.29) is 23.8 Å². The molecular formula is C14H18F3NO3. The van der Waals surface area contributed by atoms with Gasteiger partial charge < -0.3 is 19.9 Å². The minimum Gasteiger partial charge on any atom is -0.406 e. The Balaban J connectivity index is 1.89. The molecule has 0 amide bonds. The van der Waals surface area contributed by atoms with Crippen LogP contribution in [-0.2, 0) is 4.74 Å². The van der Waals surface area contributed by atoms with Crippen LogP contribution >= 0.6 is 0 Å². The zero-order valence-electron chi connectivity index (χ0n) is 11.6. The lowest BCUT2D eigenvalue weighted by Crippen LogP contribution is -2.52. The Morgan fingerprint density at radius 1 is 1.33 bits per heavy atom. The molecule has 7 heteroatoms. The van der Waals surface area contributed by atoms with Crippen molar-refractivity contribution in [3.63, 3.8) is 0 Å². The number of rotatable bonds is 6. The molecule has 1 aromatic carbocycles. The Labute approximate surface area is 120 Å². The summed E-state index contributed by atoms with van der Waals surface area (Å²) in [5, 5.41) is 12.6. The summed E-state index contributed by atoms with van der Waals surface area (Å²) in [6.45, 7) is 3.57. The van der Waals surface area contributed by atoms with E-state index in [9.17, 15) is 18.3 Å². The van der Waals surface area contributed by atoms with Crippen molar-refractivity contribution in [3.8, 4) is 5.75 Å². The summed E-state index contributed by atoms with van der Waals surface area (Å²) in [6, 6.07) is 5.70. The van der Waals surface area contributed by atoms with E-state index in [0.29, 0.717) is 19.8 Å². The third-order valence-electron chi connectivity index (χ3n) is 3.55. The minimum absolute atomic E-state index is 0.0467. The fourth-order valence-corrected chi connectivity index (χ4v) is 2.09. The zero-order chi connectivity index (χ0) is 15.5. The van der Waals surface area contributed by atoms with Gasteiger partial charge in [-0.05, 0) is 24.6 Å². The molecule has 118 valence electrons. The van der Waals surface area contributed by atoms with Crippen molar-refractivity contribution in [2.75, 3.05) is 26.4 Å². The molecule has 2 rings (SSSR count). The average Bonchev–Trinajstić information content (AvgIpc) is 2.36. The molecule has 0 saturated carbocycles. The molecule has 0 aliphatic carbocycles. The maximum atomic E-state index is 12.1. The Morgan fingerprint density at radius 3 is 2.38 bits per heavy atom. The molecule has 4 nitrogen and oxygen atoms in total. The first-order valence-corrected chi connectivity index (χ1v) is 6.61. The van der Waals surface area contributed by atoms with Crippen LogP contribution in [-0.4, -0.2) is 37.8 Å². The fraction of sp³-hybridized carbons (Fsp3) is 0.571. The van der Waals surface area contributed by atoms with Crippen LogP contribution in [0.3, 0.4) is 0 Å². The molecule has 0 bridgehead atoms. The maximum absolute atomic E-state index is 12.1. The van der Waals surface area contributed by atoms with Crippen molar-refractivity contribution in [1.82, 2.24) is 5.32 Å². The summed E-state index contributed by atoms with van der Waals surface area (Å²) in [7, 11) is 0. The van der Waals surface area contributed by atoms with Crippen LogP contribution < -0.4 is 10.1 Å². The summed E-state index contributed by atoms with van der Waals surface area (Å²) in [6.07, 6.45) is -4.68. The SMILES string of the molecule is CC(NCC1(CO)COC1)c1ccc(OC(F)(F)F)cc1. The molecule has 0 radical (unpaired) electrons. The number of nitrogens with one attached hydrogen (secondary N) is 1. The highest BCUT2D eigenvalue weighted by atomic mass is 19.4. The summed E-state index contributed by atoms with van der Waals surface area (Å²) >= 11 is 0. The van der Waals surface area contributed by atoms with Crippen LogP contribution in [0.25, 0.3) is 0 Å². The van der Waals surface area contributed by atoms with Crippen molar-refractivity contribution in [1.29, 1.82) is 0 Å². The van der Waals surface area contributed by atoms with Gasteiger partial charge in [0, 0.05) is 12.6 Å². The largest absolute Gasteiger partial charge is 0.573 e. The lowest BCUT2D eigenvalue weighted by atomic mass is 9.86. The molecular weight excluding hydrogens is 287 g/mol. The predicted octanol–water partition coefficient (Wildman–Crippen LogP) is 2.24. The molecule has 1 aromatic rings. The van der Waals surface area contributed by atoms with Crippen LogP contribution in [0, 0.1) is 5.41 Å². The molecule has 2 N–H and O–H groups in total. The predicted molar refractivity (Wildman–Crippen MR) is 69.9 cm³/mol. The van der Waals surface area contributed by atoms with Crippen molar-refractivity contribution in [2.24, 2.45) is 5.41 Å². The van der Waals surface area contributed by atoms with E-state index in [0.717, 1.165) is 5.56 Å². The van der Waals surface area contributed by atoms with Gasteiger partial charge in [0.25, 0.3) is 0 Å². The zero-order valence-corrected chi connectivity index (χ0v) is 11.6. The molecule has 1 aliphatic heterocycles. The van der Waals surface area contributed by atoms with Crippen LogP contribution in [0.1, 0.15) is 18.5 Å². The second kappa shape index (κ2) is 6.21. The molecule has 1 aliphatic rings. The second-order valence-electron chi connectivity index (χ2n) is 5.37. The quantitative estimate of drug-likeness (QED) is 0.846. The number of halogens is 3. The Bertz CT molecular complexity index is 452. The third-order valence-corrected chi connectivity index (χ3v) is 3.55. The van der Waals surface area contributed by atoms with Gasteiger partial charge in [0.2, 0.25) is 0 Å². The van der Waals surface area contributed by atoms with Gasteiger partial charge in [-0.3, -0.25) is 0 Å². The van der Waals surface area contributed by atoms with Gasteiger partial charge in [0.15, 0.2) is 0 Å². The lowest BCUT2D eigenvalue weighted by molar-refractivity contribution is -0.274. The van der Waals surface area contributed by atoms with Crippen molar-refractivity contribution in [2.45, 2.75) is 19.3 Å². The molecule has 1 unspecified atom stereocenters. The van der Waals surface area contributed by atoms with Gasteiger partial charge in [-0.2, -0.15) is 0 Å². The first kappa shape index (κ1) is 16.1. The first-order chi connectivity index (χ1) is 9.84. The molecule has 1 saturated heterocycles. The van der Waals surface area contributed by atoms with Crippen LogP contribution in [0.2, 0.25) is 0 Å².